The first kappa shape index (κ1) is 31.0. The van der Waals surface area contributed by atoms with Gasteiger partial charge in [-0.05, 0) is 97.1 Å². The fourth-order valence-electron chi connectivity index (χ4n) is 6.01. The molecule has 0 aliphatic carbocycles. The highest BCUT2D eigenvalue weighted by molar-refractivity contribution is 5.89. The molecule has 0 heterocycles. The van der Waals surface area contributed by atoms with Crippen molar-refractivity contribution in [2.75, 3.05) is 0 Å². The number of benzene rings is 7. The van der Waals surface area contributed by atoms with Gasteiger partial charge in [0.15, 0.2) is 0 Å². The van der Waals surface area contributed by atoms with Crippen LogP contribution < -0.4 is 0 Å². The van der Waals surface area contributed by atoms with Crippen LogP contribution in [0.5, 0.6) is 0 Å². The summed E-state index contributed by atoms with van der Waals surface area (Å²) in [6.07, 6.45) is 1.70. The van der Waals surface area contributed by atoms with Crippen molar-refractivity contribution in [2.24, 2.45) is 0 Å². The molecule has 0 saturated carbocycles. The van der Waals surface area contributed by atoms with Gasteiger partial charge in [0.2, 0.25) is 0 Å². The largest absolute Gasteiger partial charge is 0.478 e. The number of aromatic carboxylic acids is 1. The molecule has 0 atom stereocenters. The number of hydrogen-bond acceptors (Lipinski definition) is 3. The molecular formula is C45H30O4. The number of hydrogen-bond donors (Lipinski definition) is 1. The first-order valence-corrected chi connectivity index (χ1v) is 15.9. The Bertz CT molecular complexity index is 2150. The van der Waals surface area contributed by atoms with Gasteiger partial charge in [0, 0.05) is 11.1 Å². The Morgan fingerprint density at radius 1 is 0.327 bits per heavy atom. The van der Waals surface area contributed by atoms with Gasteiger partial charge in [0.1, 0.15) is 12.6 Å². The molecule has 49 heavy (non-hydrogen) atoms. The van der Waals surface area contributed by atoms with Gasteiger partial charge in [-0.15, -0.1) is 0 Å². The summed E-state index contributed by atoms with van der Waals surface area (Å²) in [5.74, 6) is -0.941. The minimum atomic E-state index is -0.941. The molecule has 0 saturated heterocycles. The van der Waals surface area contributed by atoms with Gasteiger partial charge in [0.05, 0.1) is 5.56 Å². The lowest BCUT2D eigenvalue weighted by molar-refractivity contribution is 0.0696. The number of carbonyl (C=O) groups excluding carboxylic acids is 2. The lowest BCUT2D eigenvalue weighted by Gasteiger charge is -2.13. The second-order valence-corrected chi connectivity index (χ2v) is 11.9. The summed E-state index contributed by atoms with van der Waals surface area (Å²) >= 11 is 0. The first-order valence-electron chi connectivity index (χ1n) is 15.9. The molecule has 0 aliphatic rings. The van der Waals surface area contributed by atoms with E-state index in [1.54, 1.807) is 12.1 Å². The van der Waals surface area contributed by atoms with Gasteiger partial charge in [-0.2, -0.15) is 0 Å². The first-order chi connectivity index (χ1) is 24.0. The van der Waals surface area contributed by atoms with Crippen molar-refractivity contribution in [3.8, 4) is 66.8 Å². The van der Waals surface area contributed by atoms with Gasteiger partial charge in [-0.25, -0.2) is 4.79 Å². The van der Waals surface area contributed by atoms with E-state index in [2.05, 4.69) is 91.0 Å². The molecule has 1 N–H and O–H groups in total. The van der Waals surface area contributed by atoms with E-state index >= 15 is 0 Å². The second-order valence-electron chi connectivity index (χ2n) is 11.9. The molecule has 0 unspecified atom stereocenters. The number of aldehydes is 2. The number of carbonyl (C=O) groups is 3. The van der Waals surface area contributed by atoms with Crippen LogP contribution in [0.15, 0.2) is 164 Å². The number of carboxylic acid groups (broad SMARTS) is 1. The standard InChI is InChI=1S/C45H30O4/c46-28-30-1-5-32(6-2-30)34-9-15-38(16-10-34)42-25-43(39-17-11-35(12-18-39)33-7-3-31(29-47)4-8-33)27-44(26-42)40-19-13-36(14-20-40)37-21-23-41(24-22-37)45(48)49/h1-29H,(H,48,49). The third-order valence-corrected chi connectivity index (χ3v) is 8.81. The summed E-state index contributed by atoms with van der Waals surface area (Å²) in [4.78, 5) is 33.5. The topological polar surface area (TPSA) is 71.4 Å². The maximum Gasteiger partial charge on any atom is 0.335 e. The van der Waals surface area contributed by atoms with Crippen LogP contribution >= 0.6 is 0 Å². The van der Waals surface area contributed by atoms with Crippen LogP contribution in [0, 0.1) is 0 Å². The summed E-state index contributed by atoms with van der Waals surface area (Å²) in [6.45, 7) is 0. The van der Waals surface area contributed by atoms with Crippen molar-refractivity contribution >= 4 is 18.5 Å². The average Bonchev–Trinajstić information content (AvgIpc) is 3.18. The highest BCUT2D eigenvalue weighted by atomic mass is 16.4. The molecule has 7 aromatic rings. The normalized spacial score (nSPS) is 10.8. The molecule has 0 fully saturated rings. The Kier molecular flexibility index (Phi) is 8.60. The molecule has 4 nitrogen and oxygen atoms in total. The van der Waals surface area contributed by atoms with Gasteiger partial charge in [-0.1, -0.05) is 133 Å². The minimum absolute atomic E-state index is 0.261. The molecule has 0 radical (unpaired) electrons. The molecule has 4 heteroatoms. The molecule has 0 amide bonds. The lowest BCUT2D eigenvalue weighted by Crippen LogP contribution is -1.94. The van der Waals surface area contributed by atoms with E-state index in [4.69, 9.17) is 0 Å². The SMILES string of the molecule is O=Cc1ccc(-c2ccc(-c3cc(-c4ccc(-c5ccc(C=O)cc5)cc4)cc(-c4ccc(-c5ccc(C(=O)O)cc5)cc4)c3)cc2)cc1. The Morgan fingerprint density at radius 2 is 0.531 bits per heavy atom. The number of rotatable bonds is 9. The van der Waals surface area contributed by atoms with Gasteiger partial charge >= 0.3 is 5.97 Å². The van der Waals surface area contributed by atoms with Gasteiger partial charge in [0.25, 0.3) is 0 Å². The zero-order chi connectivity index (χ0) is 33.7. The van der Waals surface area contributed by atoms with E-state index in [-0.39, 0.29) is 5.56 Å². The Balaban J connectivity index is 1.25. The fourth-order valence-corrected chi connectivity index (χ4v) is 6.01. The van der Waals surface area contributed by atoms with Crippen LogP contribution in [0.3, 0.4) is 0 Å². The van der Waals surface area contributed by atoms with Crippen molar-refractivity contribution in [3.63, 3.8) is 0 Å². The summed E-state index contributed by atoms with van der Waals surface area (Å²) in [7, 11) is 0. The van der Waals surface area contributed by atoms with E-state index in [1.165, 1.54) is 0 Å². The van der Waals surface area contributed by atoms with E-state index in [9.17, 15) is 19.5 Å². The van der Waals surface area contributed by atoms with Gasteiger partial charge in [-0.3, -0.25) is 9.59 Å². The quantitative estimate of drug-likeness (QED) is 0.160. The zero-order valence-corrected chi connectivity index (χ0v) is 26.4. The monoisotopic (exact) mass is 634 g/mol. The maximum atomic E-state index is 11.3. The van der Waals surface area contributed by atoms with Crippen molar-refractivity contribution in [1.29, 1.82) is 0 Å². The van der Waals surface area contributed by atoms with Crippen molar-refractivity contribution < 1.29 is 19.5 Å². The highest BCUT2D eigenvalue weighted by Gasteiger charge is 2.10. The summed E-state index contributed by atoms with van der Waals surface area (Å²) < 4.78 is 0. The van der Waals surface area contributed by atoms with Crippen LogP contribution in [-0.2, 0) is 0 Å². The average molecular weight is 635 g/mol. The molecule has 0 bridgehead atoms. The van der Waals surface area contributed by atoms with E-state index in [0.29, 0.717) is 11.1 Å². The molecule has 7 rings (SSSR count). The second kappa shape index (κ2) is 13.6. The zero-order valence-electron chi connectivity index (χ0n) is 26.4. The summed E-state index contributed by atoms with van der Waals surface area (Å²) in [6, 6.07) is 53.9. The van der Waals surface area contributed by atoms with Crippen LogP contribution in [0.2, 0.25) is 0 Å². The summed E-state index contributed by atoms with van der Waals surface area (Å²) in [5.41, 5.74) is 14.2. The molecule has 0 aromatic heterocycles. The number of carboxylic acids is 1. The van der Waals surface area contributed by atoms with Crippen LogP contribution in [-0.4, -0.2) is 23.6 Å². The minimum Gasteiger partial charge on any atom is -0.478 e. The van der Waals surface area contributed by atoms with Crippen molar-refractivity contribution in [1.82, 2.24) is 0 Å². The maximum absolute atomic E-state index is 11.3. The van der Waals surface area contributed by atoms with E-state index in [0.717, 1.165) is 79.3 Å². The summed E-state index contributed by atoms with van der Waals surface area (Å²) in [5, 5.41) is 9.26. The molecule has 0 aliphatic heterocycles. The molecule has 7 aromatic carbocycles. The lowest BCUT2D eigenvalue weighted by atomic mass is 9.91. The smallest absolute Gasteiger partial charge is 0.335 e. The highest BCUT2D eigenvalue weighted by Crippen LogP contribution is 2.35. The third-order valence-electron chi connectivity index (χ3n) is 8.81. The third kappa shape index (κ3) is 6.76. The molecular weight excluding hydrogens is 604 g/mol. The predicted octanol–water partition coefficient (Wildman–Crippen LogP) is 11.0. The van der Waals surface area contributed by atoms with Crippen LogP contribution in [0.4, 0.5) is 0 Å². The van der Waals surface area contributed by atoms with Gasteiger partial charge < -0.3 is 5.11 Å². The Hall–Kier alpha value is -6.65. The van der Waals surface area contributed by atoms with Crippen LogP contribution in [0.1, 0.15) is 31.1 Å². The molecule has 234 valence electrons. The van der Waals surface area contributed by atoms with Crippen LogP contribution in [0.25, 0.3) is 66.8 Å². The Morgan fingerprint density at radius 3 is 0.755 bits per heavy atom. The predicted molar refractivity (Wildman–Crippen MR) is 197 cm³/mol. The van der Waals surface area contributed by atoms with Crippen molar-refractivity contribution in [2.45, 2.75) is 0 Å². The fraction of sp³-hybridized carbons (Fsp3) is 0. The van der Waals surface area contributed by atoms with E-state index < -0.39 is 5.97 Å². The van der Waals surface area contributed by atoms with Crippen molar-refractivity contribution in [3.05, 3.63) is 180 Å². The van der Waals surface area contributed by atoms with E-state index in [1.807, 2.05) is 60.7 Å². The Labute approximate surface area is 284 Å². The molecule has 0 spiro atoms.